The number of nitrogens with one attached hydrogen (secondary N) is 2. The van der Waals surface area contributed by atoms with Crippen molar-refractivity contribution < 1.29 is 14.3 Å². The van der Waals surface area contributed by atoms with Crippen LogP contribution in [-0.2, 0) is 4.74 Å². The van der Waals surface area contributed by atoms with E-state index < -0.39 is 0 Å². The minimum absolute atomic E-state index is 0.0347. The summed E-state index contributed by atoms with van der Waals surface area (Å²) in [6.45, 7) is 6.20. The van der Waals surface area contributed by atoms with Crippen LogP contribution in [0.4, 0.5) is 5.69 Å². The largest absolute Gasteiger partial charge is 0.487 e. The van der Waals surface area contributed by atoms with Crippen LogP contribution in [0.25, 0.3) is 0 Å². The summed E-state index contributed by atoms with van der Waals surface area (Å²) >= 11 is 5.51. The van der Waals surface area contributed by atoms with Gasteiger partial charge < -0.3 is 20.1 Å². The lowest BCUT2D eigenvalue weighted by atomic mass is 9.89. The summed E-state index contributed by atoms with van der Waals surface area (Å²) in [7, 11) is 1.36. The number of anilines is 1. The number of aryl methyl sites for hydroxylation is 1. The van der Waals surface area contributed by atoms with Crippen LogP contribution in [0.15, 0.2) is 42.5 Å². The number of carbonyl (C=O) groups is 1. The average molecular weight is 385 g/mol. The van der Waals surface area contributed by atoms with Crippen molar-refractivity contribution >= 4 is 29.0 Å². The van der Waals surface area contributed by atoms with E-state index in [-0.39, 0.29) is 17.6 Å². The Labute approximate surface area is 165 Å². The molecule has 0 saturated heterocycles. The molecule has 1 aliphatic rings. The molecular weight excluding hydrogens is 360 g/mol. The van der Waals surface area contributed by atoms with Crippen LogP contribution in [0.3, 0.4) is 0 Å². The first-order chi connectivity index (χ1) is 12.8. The minimum atomic E-state index is -0.381. The molecule has 0 spiro atoms. The number of ether oxygens (including phenoxy) is 2. The van der Waals surface area contributed by atoms with Crippen molar-refractivity contribution in [3.8, 4) is 5.75 Å². The molecule has 0 amide bonds. The van der Waals surface area contributed by atoms with E-state index >= 15 is 0 Å². The molecule has 0 aromatic heterocycles. The maximum absolute atomic E-state index is 11.7. The van der Waals surface area contributed by atoms with E-state index in [0.717, 1.165) is 23.4 Å². The Balaban J connectivity index is 1.76. The standard InChI is InChI=1S/C21H24N2O3S/c1-13-8-9-18-16(10-13)17(12-21(2,3)26-18)23-20(27)22-15-7-5-6-14(11-15)19(24)25-4/h5-11,17H,12H2,1-4H3,(H2,22,23,27)/t17-/m1/s1. The quantitative estimate of drug-likeness (QED) is 0.605. The van der Waals surface area contributed by atoms with Crippen LogP contribution in [0.5, 0.6) is 5.75 Å². The molecule has 0 unspecified atom stereocenters. The zero-order chi connectivity index (χ0) is 19.6. The summed E-state index contributed by atoms with van der Waals surface area (Å²) in [5.41, 5.74) is 3.18. The molecule has 0 bridgehead atoms. The highest BCUT2D eigenvalue weighted by atomic mass is 32.1. The number of benzene rings is 2. The van der Waals surface area contributed by atoms with E-state index in [1.807, 2.05) is 18.2 Å². The Morgan fingerprint density at radius 2 is 2.04 bits per heavy atom. The summed E-state index contributed by atoms with van der Waals surface area (Å²) in [6, 6.07) is 13.3. The highest BCUT2D eigenvalue weighted by Crippen LogP contribution is 2.39. The average Bonchev–Trinajstić information content (AvgIpc) is 2.61. The number of methoxy groups -OCH3 is 1. The van der Waals surface area contributed by atoms with Gasteiger partial charge in [-0.15, -0.1) is 0 Å². The molecule has 1 atom stereocenters. The lowest BCUT2D eigenvalue weighted by molar-refractivity contribution is 0.0600. The van der Waals surface area contributed by atoms with Crippen molar-refractivity contribution in [3.63, 3.8) is 0 Å². The molecule has 0 radical (unpaired) electrons. The topological polar surface area (TPSA) is 59.6 Å². The fourth-order valence-corrected chi connectivity index (χ4v) is 3.53. The summed E-state index contributed by atoms with van der Waals surface area (Å²) in [5.74, 6) is 0.498. The van der Waals surface area contributed by atoms with Crippen molar-refractivity contribution in [1.29, 1.82) is 0 Å². The maximum atomic E-state index is 11.7. The van der Waals surface area contributed by atoms with E-state index in [2.05, 4.69) is 37.5 Å². The molecule has 2 aromatic rings. The van der Waals surface area contributed by atoms with Crippen LogP contribution >= 0.6 is 12.2 Å². The third kappa shape index (κ3) is 4.57. The van der Waals surface area contributed by atoms with Crippen LogP contribution in [0.1, 0.15) is 47.8 Å². The Kier molecular flexibility index (Phi) is 5.37. The van der Waals surface area contributed by atoms with Crippen molar-refractivity contribution in [1.82, 2.24) is 5.32 Å². The molecule has 3 rings (SSSR count). The molecule has 1 aliphatic heterocycles. The summed E-state index contributed by atoms with van der Waals surface area (Å²) < 4.78 is 10.9. The van der Waals surface area contributed by atoms with E-state index in [9.17, 15) is 4.79 Å². The zero-order valence-electron chi connectivity index (χ0n) is 16.0. The van der Waals surface area contributed by atoms with Gasteiger partial charge in [0.05, 0.1) is 18.7 Å². The molecule has 0 fully saturated rings. The Morgan fingerprint density at radius 3 is 2.78 bits per heavy atom. The fourth-order valence-electron chi connectivity index (χ4n) is 3.27. The van der Waals surface area contributed by atoms with Gasteiger partial charge in [-0.3, -0.25) is 0 Å². The zero-order valence-corrected chi connectivity index (χ0v) is 16.8. The lowest BCUT2D eigenvalue weighted by Gasteiger charge is -2.38. The summed E-state index contributed by atoms with van der Waals surface area (Å²) in [6.07, 6.45) is 0.785. The highest BCUT2D eigenvalue weighted by molar-refractivity contribution is 7.80. The first-order valence-corrected chi connectivity index (χ1v) is 9.24. The van der Waals surface area contributed by atoms with Gasteiger partial charge in [0.2, 0.25) is 0 Å². The first kappa shape index (κ1) is 19.2. The molecule has 2 aromatic carbocycles. The molecular formula is C21H24N2O3S. The number of hydrogen-bond donors (Lipinski definition) is 2. The normalized spacial score (nSPS) is 17.3. The summed E-state index contributed by atoms with van der Waals surface area (Å²) in [5, 5.41) is 7.04. The number of rotatable bonds is 3. The molecule has 5 nitrogen and oxygen atoms in total. The number of hydrogen-bond acceptors (Lipinski definition) is 4. The highest BCUT2D eigenvalue weighted by Gasteiger charge is 2.34. The number of thiocarbonyl (C=S) groups is 1. The second kappa shape index (κ2) is 7.56. The Hall–Kier alpha value is -2.60. The van der Waals surface area contributed by atoms with Crippen LogP contribution in [0, 0.1) is 6.92 Å². The molecule has 1 heterocycles. The lowest BCUT2D eigenvalue weighted by Crippen LogP contribution is -2.42. The van der Waals surface area contributed by atoms with Gasteiger partial charge in [0, 0.05) is 17.7 Å². The SMILES string of the molecule is COC(=O)c1cccc(NC(=S)N[C@@H]2CC(C)(C)Oc3ccc(C)cc32)c1. The number of fused-ring (bicyclic) bond motifs is 1. The van der Waals surface area contributed by atoms with E-state index in [0.29, 0.717) is 10.7 Å². The van der Waals surface area contributed by atoms with Crippen molar-refractivity contribution in [3.05, 3.63) is 59.2 Å². The summed E-state index contributed by atoms with van der Waals surface area (Å²) in [4.78, 5) is 11.7. The second-order valence-electron chi connectivity index (χ2n) is 7.33. The predicted molar refractivity (Wildman–Crippen MR) is 110 cm³/mol. The van der Waals surface area contributed by atoms with Gasteiger partial charge in [0.1, 0.15) is 11.4 Å². The number of esters is 1. The van der Waals surface area contributed by atoms with Crippen molar-refractivity contribution in [2.24, 2.45) is 0 Å². The van der Waals surface area contributed by atoms with Crippen molar-refractivity contribution in [2.45, 2.75) is 38.8 Å². The van der Waals surface area contributed by atoms with Crippen LogP contribution in [-0.4, -0.2) is 23.8 Å². The minimum Gasteiger partial charge on any atom is -0.487 e. The first-order valence-electron chi connectivity index (χ1n) is 8.83. The van der Waals surface area contributed by atoms with Gasteiger partial charge in [-0.2, -0.15) is 0 Å². The van der Waals surface area contributed by atoms with Crippen LogP contribution < -0.4 is 15.4 Å². The molecule has 2 N–H and O–H groups in total. The van der Waals surface area contributed by atoms with Gasteiger partial charge in [0.15, 0.2) is 5.11 Å². The molecule has 0 aliphatic carbocycles. The molecule has 0 saturated carbocycles. The van der Waals surface area contributed by atoms with Gasteiger partial charge in [-0.05, 0) is 57.3 Å². The second-order valence-corrected chi connectivity index (χ2v) is 7.74. The molecule has 142 valence electrons. The fraction of sp³-hybridized carbons (Fsp3) is 0.333. The smallest absolute Gasteiger partial charge is 0.337 e. The third-order valence-corrected chi connectivity index (χ3v) is 4.69. The van der Waals surface area contributed by atoms with Gasteiger partial charge in [0.25, 0.3) is 0 Å². The van der Waals surface area contributed by atoms with Gasteiger partial charge >= 0.3 is 5.97 Å². The molecule has 6 heteroatoms. The van der Waals surface area contributed by atoms with Gasteiger partial charge in [-0.1, -0.05) is 23.8 Å². The number of carbonyl (C=O) groups excluding carboxylic acids is 1. The Morgan fingerprint density at radius 1 is 1.26 bits per heavy atom. The molecule has 27 heavy (non-hydrogen) atoms. The third-order valence-electron chi connectivity index (χ3n) is 4.47. The van der Waals surface area contributed by atoms with E-state index in [1.54, 1.807) is 18.2 Å². The van der Waals surface area contributed by atoms with E-state index in [1.165, 1.54) is 12.7 Å². The van der Waals surface area contributed by atoms with Crippen LogP contribution in [0.2, 0.25) is 0 Å². The monoisotopic (exact) mass is 384 g/mol. The predicted octanol–water partition coefficient (Wildman–Crippen LogP) is 4.37. The van der Waals surface area contributed by atoms with Gasteiger partial charge in [-0.25, -0.2) is 4.79 Å². The Bertz CT molecular complexity index is 879. The maximum Gasteiger partial charge on any atom is 0.337 e. The van der Waals surface area contributed by atoms with E-state index in [4.69, 9.17) is 21.7 Å². The van der Waals surface area contributed by atoms with Crippen molar-refractivity contribution in [2.75, 3.05) is 12.4 Å².